The van der Waals surface area contributed by atoms with Crippen molar-refractivity contribution in [3.05, 3.63) is 39.6 Å². The standard InChI is InChI=1S/C22H29IN2O3/c1-15(2)21-20(23)22(18-6-4-3-5-7-18)25(24-21)12-16-8-10-17(11-9-16)13-28-14-19(26)27/h3-7,15-17H,8-14H2,1-2H3,(H,26,27). The van der Waals surface area contributed by atoms with Gasteiger partial charge >= 0.3 is 5.97 Å². The molecule has 5 nitrogen and oxygen atoms in total. The Labute approximate surface area is 180 Å². The summed E-state index contributed by atoms with van der Waals surface area (Å²) in [6.07, 6.45) is 4.48. The van der Waals surface area contributed by atoms with Crippen LogP contribution in [0.15, 0.2) is 30.3 Å². The van der Waals surface area contributed by atoms with Gasteiger partial charge in [0.15, 0.2) is 0 Å². The lowest BCUT2D eigenvalue weighted by atomic mass is 9.82. The number of ether oxygens (including phenoxy) is 1. The predicted molar refractivity (Wildman–Crippen MR) is 118 cm³/mol. The minimum atomic E-state index is -0.892. The van der Waals surface area contributed by atoms with Crippen molar-refractivity contribution >= 4 is 28.6 Å². The number of halogens is 1. The van der Waals surface area contributed by atoms with Gasteiger partial charge < -0.3 is 9.84 Å². The molecular weight excluding hydrogens is 467 g/mol. The average molecular weight is 496 g/mol. The lowest BCUT2D eigenvalue weighted by molar-refractivity contribution is -0.142. The van der Waals surface area contributed by atoms with Gasteiger partial charge in [-0.15, -0.1) is 0 Å². The van der Waals surface area contributed by atoms with Crippen LogP contribution < -0.4 is 0 Å². The molecule has 0 bridgehead atoms. The zero-order chi connectivity index (χ0) is 20.1. The zero-order valence-corrected chi connectivity index (χ0v) is 18.8. The maximum Gasteiger partial charge on any atom is 0.329 e. The van der Waals surface area contributed by atoms with Crippen molar-refractivity contribution in [3.8, 4) is 11.3 Å². The Kier molecular flexibility index (Phi) is 7.51. The molecule has 1 aromatic heterocycles. The fourth-order valence-corrected chi connectivity index (χ4v) is 5.29. The lowest BCUT2D eigenvalue weighted by Gasteiger charge is -2.28. The fourth-order valence-electron chi connectivity index (χ4n) is 3.97. The third-order valence-corrected chi connectivity index (χ3v) is 6.55. The van der Waals surface area contributed by atoms with Gasteiger partial charge in [0.25, 0.3) is 0 Å². The molecule has 0 amide bonds. The summed E-state index contributed by atoms with van der Waals surface area (Å²) < 4.78 is 8.77. The summed E-state index contributed by atoms with van der Waals surface area (Å²) in [4.78, 5) is 10.6. The number of benzene rings is 1. The fraction of sp³-hybridized carbons (Fsp3) is 0.545. The third-order valence-electron chi connectivity index (χ3n) is 5.49. The Morgan fingerprint density at radius 1 is 1.21 bits per heavy atom. The van der Waals surface area contributed by atoms with Gasteiger partial charge in [-0.05, 0) is 66.0 Å². The number of carboxylic acid groups (broad SMARTS) is 1. The summed E-state index contributed by atoms with van der Waals surface area (Å²) in [5.74, 6) is 0.594. The molecule has 1 saturated carbocycles. The highest BCUT2D eigenvalue weighted by atomic mass is 127. The average Bonchev–Trinajstić information content (AvgIpc) is 3.00. The molecule has 152 valence electrons. The maximum absolute atomic E-state index is 10.6. The Hall–Kier alpha value is -1.41. The first kappa shape index (κ1) is 21.3. The van der Waals surface area contributed by atoms with Crippen LogP contribution in [0.5, 0.6) is 0 Å². The second-order valence-electron chi connectivity index (χ2n) is 8.05. The Morgan fingerprint density at radius 2 is 1.86 bits per heavy atom. The van der Waals surface area contributed by atoms with E-state index in [0.29, 0.717) is 24.4 Å². The van der Waals surface area contributed by atoms with E-state index in [9.17, 15) is 4.79 Å². The number of rotatable bonds is 8. The smallest absolute Gasteiger partial charge is 0.329 e. The van der Waals surface area contributed by atoms with E-state index in [0.717, 1.165) is 32.2 Å². The second-order valence-corrected chi connectivity index (χ2v) is 9.13. The molecule has 1 fully saturated rings. The topological polar surface area (TPSA) is 64.4 Å². The molecular formula is C22H29IN2O3. The van der Waals surface area contributed by atoms with Crippen LogP contribution in [0.3, 0.4) is 0 Å². The van der Waals surface area contributed by atoms with E-state index in [2.05, 4.69) is 65.4 Å². The van der Waals surface area contributed by atoms with Crippen LogP contribution in [0, 0.1) is 15.4 Å². The summed E-state index contributed by atoms with van der Waals surface area (Å²) in [5, 5.41) is 13.7. The number of aromatic nitrogens is 2. The highest BCUT2D eigenvalue weighted by Gasteiger charge is 2.25. The van der Waals surface area contributed by atoms with Gasteiger partial charge in [-0.25, -0.2) is 4.79 Å². The maximum atomic E-state index is 10.6. The first-order chi connectivity index (χ1) is 13.5. The quantitative estimate of drug-likeness (QED) is 0.512. The minimum Gasteiger partial charge on any atom is -0.480 e. The second kappa shape index (κ2) is 9.87. The van der Waals surface area contributed by atoms with Gasteiger partial charge in [0.05, 0.1) is 21.6 Å². The highest BCUT2D eigenvalue weighted by molar-refractivity contribution is 14.1. The molecule has 1 aliphatic carbocycles. The molecule has 28 heavy (non-hydrogen) atoms. The van der Waals surface area contributed by atoms with Crippen molar-refractivity contribution < 1.29 is 14.6 Å². The van der Waals surface area contributed by atoms with Crippen LogP contribution in [0.1, 0.15) is 51.1 Å². The SMILES string of the molecule is CC(C)c1nn(CC2CCC(COCC(=O)O)CC2)c(-c2ccccc2)c1I. The molecule has 6 heteroatoms. The third kappa shape index (κ3) is 5.35. The summed E-state index contributed by atoms with van der Waals surface area (Å²) in [6.45, 7) is 5.71. The van der Waals surface area contributed by atoms with E-state index in [-0.39, 0.29) is 6.61 Å². The van der Waals surface area contributed by atoms with Crippen LogP contribution in [-0.2, 0) is 16.1 Å². The van der Waals surface area contributed by atoms with E-state index < -0.39 is 5.97 Å². The number of hydrogen-bond acceptors (Lipinski definition) is 3. The van der Waals surface area contributed by atoms with E-state index in [1.165, 1.54) is 20.5 Å². The molecule has 0 radical (unpaired) electrons. The zero-order valence-electron chi connectivity index (χ0n) is 16.6. The van der Waals surface area contributed by atoms with Gasteiger partial charge in [0, 0.05) is 12.1 Å². The summed E-state index contributed by atoms with van der Waals surface area (Å²) in [7, 11) is 0. The number of aliphatic carboxylic acids is 1. The van der Waals surface area contributed by atoms with E-state index in [4.69, 9.17) is 14.9 Å². The van der Waals surface area contributed by atoms with Gasteiger partial charge in [-0.1, -0.05) is 44.2 Å². The van der Waals surface area contributed by atoms with Gasteiger partial charge in [0.2, 0.25) is 0 Å². The highest BCUT2D eigenvalue weighted by Crippen LogP contribution is 2.35. The number of carbonyl (C=O) groups is 1. The number of nitrogens with zero attached hydrogens (tertiary/aromatic N) is 2. The molecule has 1 aliphatic rings. The molecule has 0 unspecified atom stereocenters. The first-order valence-electron chi connectivity index (χ1n) is 10.1. The van der Waals surface area contributed by atoms with Gasteiger partial charge in [0.1, 0.15) is 6.61 Å². The van der Waals surface area contributed by atoms with E-state index in [1.807, 2.05) is 6.07 Å². The molecule has 1 heterocycles. The Balaban J connectivity index is 1.68. The van der Waals surface area contributed by atoms with Gasteiger partial charge in [-0.2, -0.15) is 5.10 Å². The van der Waals surface area contributed by atoms with Crippen LogP contribution >= 0.6 is 22.6 Å². The van der Waals surface area contributed by atoms with Crippen LogP contribution in [-0.4, -0.2) is 34.1 Å². The molecule has 3 rings (SSSR count). The summed E-state index contributed by atoms with van der Waals surface area (Å²) in [5.41, 5.74) is 3.63. The molecule has 0 aliphatic heterocycles. The van der Waals surface area contributed by atoms with Crippen molar-refractivity contribution in [2.45, 2.75) is 52.0 Å². The van der Waals surface area contributed by atoms with E-state index in [1.54, 1.807) is 0 Å². The normalized spacial score (nSPS) is 19.9. The number of carboxylic acids is 1. The van der Waals surface area contributed by atoms with Crippen molar-refractivity contribution in [1.29, 1.82) is 0 Å². The van der Waals surface area contributed by atoms with Crippen LogP contribution in [0.25, 0.3) is 11.3 Å². The van der Waals surface area contributed by atoms with Crippen molar-refractivity contribution in [2.75, 3.05) is 13.2 Å². The molecule has 1 aromatic carbocycles. The first-order valence-corrected chi connectivity index (χ1v) is 11.1. The molecule has 0 spiro atoms. The van der Waals surface area contributed by atoms with Crippen molar-refractivity contribution in [1.82, 2.24) is 9.78 Å². The molecule has 2 aromatic rings. The van der Waals surface area contributed by atoms with E-state index >= 15 is 0 Å². The Bertz CT molecular complexity index is 781. The summed E-state index contributed by atoms with van der Waals surface area (Å²) >= 11 is 2.45. The largest absolute Gasteiger partial charge is 0.480 e. The summed E-state index contributed by atoms with van der Waals surface area (Å²) in [6, 6.07) is 10.5. The van der Waals surface area contributed by atoms with Crippen LogP contribution in [0.2, 0.25) is 0 Å². The molecule has 0 saturated heterocycles. The monoisotopic (exact) mass is 496 g/mol. The van der Waals surface area contributed by atoms with Crippen molar-refractivity contribution in [2.24, 2.45) is 11.8 Å². The Morgan fingerprint density at radius 3 is 2.46 bits per heavy atom. The van der Waals surface area contributed by atoms with Gasteiger partial charge in [-0.3, -0.25) is 4.68 Å². The van der Waals surface area contributed by atoms with Crippen molar-refractivity contribution in [3.63, 3.8) is 0 Å². The number of hydrogen-bond donors (Lipinski definition) is 1. The minimum absolute atomic E-state index is 0.190. The van der Waals surface area contributed by atoms with Crippen LogP contribution in [0.4, 0.5) is 0 Å². The lowest BCUT2D eigenvalue weighted by Crippen LogP contribution is -2.23. The molecule has 0 atom stereocenters. The predicted octanol–water partition coefficient (Wildman–Crippen LogP) is 5.19. The molecule has 1 N–H and O–H groups in total.